The van der Waals surface area contributed by atoms with Crippen molar-refractivity contribution in [2.75, 3.05) is 26.4 Å². The molecule has 1 aliphatic heterocycles. The van der Waals surface area contributed by atoms with Crippen molar-refractivity contribution in [1.29, 1.82) is 0 Å². The van der Waals surface area contributed by atoms with E-state index in [-0.39, 0.29) is 29.8 Å². The lowest BCUT2D eigenvalue weighted by Gasteiger charge is -2.36. The fourth-order valence-electron chi connectivity index (χ4n) is 3.06. The molecule has 0 aliphatic carbocycles. The summed E-state index contributed by atoms with van der Waals surface area (Å²) in [5, 5.41) is 16.1. The maximum atomic E-state index is 14.3. The Hall–Kier alpha value is -1.52. The summed E-state index contributed by atoms with van der Waals surface area (Å²) in [6.07, 6.45) is 0.137. The number of rotatable bonds is 9. The van der Waals surface area contributed by atoms with Crippen LogP contribution >= 0.6 is 0 Å². The van der Waals surface area contributed by atoms with Crippen LogP contribution < -0.4 is 4.74 Å². The monoisotopic (exact) mass is 431 g/mol. The molecule has 1 aliphatic rings. The standard InChI is InChI=1S/C19H34FN3O5Si/c1-7-15-17(23(24)25)18(21-22(15)16-9-12-26-13-14(16)20)27-10-8-11-28-29(5,6)19(2,3)4/h14,16H,7-13H2,1-6H3/t14-,16-/m1/s1. The van der Waals surface area contributed by atoms with Gasteiger partial charge in [-0.25, -0.2) is 4.39 Å². The lowest BCUT2D eigenvalue weighted by atomic mass is 10.1. The van der Waals surface area contributed by atoms with Gasteiger partial charge in [0, 0.05) is 19.6 Å². The van der Waals surface area contributed by atoms with E-state index in [4.69, 9.17) is 13.9 Å². The van der Waals surface area contributed by atoms with Gasteiger partial charge in [0.25, 0.3) is 0 Å². The maximum absolute atomic E-state index is 14.3. The summed E-state index contributed by atoms with van der Waals surface area (Å²) in [5.41, 5.74) is 0.216. The Morgan fingerprint density at radius 2 is 2.07 bits per heavy atom. The second-order valence-corrected chi connectivity index (χ2v) is 13.7. The Morgan fingerprint density at radius 1 is 1.38 bits per heavy atom. The first-order valence-corrected chi connectivity index (χ1v) is 13.1. The van der Waals surface area contributed by atoms with Crippen molar-refractivity contribution in [2.24, 2.45) is 0 Å². The van der Waals surface area contributed by atoms with E-state index in [0.29, 0.717) is 38.2 Å². The fraction of sp³-hybridized carbons (Fsp3) is 0.842. The van der Waals surface area contributed by atoms with Crippen molar-refractivity contribution in [3.05, 3.63) is 15.8 Å². The molecule has 0 aromatic carbocycles. The fourth-order valence-corrected chi connectivity index (χ4v) is 4.15. The molecule has 1 aromatic heterocycles. The Balaban J connectivity index is 2.07. The predicted molar refractivity (Wildman–Crippen MR) is 111 cm³/mol. The highest BCUT2D eigenvalue weighted by atomic mass is 28.4. The van der Waals surface area contributed by atoms with Gasteiger partial charge in [0.2, 0.25) is 0 Å². The number of nitro groups is 1. The van der Waals surface area contributed by atoms with Crippen LogP contribution in [0, 0.1) is 10.1 Å². The minimum atomic E-state index is -1.84. The Labute approximate surface area is 173 Å². The van der Waals surface area contributed by atoms with E-state index in [1.807, 2.05) is 0 Å². The molecule has 0 radical (unpaired) electrons. The summed E-state index contributed by atoms with van der Waals surface area (Å²) < 4.78 is 32.7. The minimum Gasteiger partial charge on any atom is -0.472 e. The summed E-state index contributed by atoms with van der Waals surface area (Å²) in [4.78, 5) is 11.2. The van der Waals surface area contributed by atoms with Crippen LogP contribution in [0.1, 0.15) is 52.3 Å². The number of ether oxygens (including phenoxy) is 2. The first kappa shape index (κ1) is 23.8. The van der Waals surface area contributed by atoms with Gasteiger partial charge in [0.05, 0.1) is 24.2 Å². The number of alkyl halides is 1. The maximum Gasteiger partial charge on any atom is 0.353 e. The smallest absolute Gasteiger partial charge is 0.353 e. The highest BCUT2D eigenvalue weighted by Crippen LogP contribution is 2.37. The molecule has 8 nitrogen and oxygen atoms in total. The molecule has 2 rings (SSSR count). The molecule has 2 heterocycles. The lowest BCUT2D eigenvalue weighted by molar-refractivity contribution is -0.386. The van der Waals surface area contributed by atoms with E-state index in [0.717, 1.165) is 0 Å². The van der Waals surface area contributed by atoms with Gasteiger partial charge in [0.1, 0.15) is 11.9 Å². The molecule has 0 bridgehead atoms. The summed E-state index contributed by atoms with van der Waals surface area (Å²) in [5.74, 6) is -0.0436. The molecule has 2 atom stereocenters. The third kappa shape index (κ3) is 5.55. The first-order valence-electron chi connectivity index (χ1n) is 10.2. The van der Waals surface area contributed by atoms with Gasteiger partial charge >= 0.3 is 11.6 Å². The van der Waals surface area contributed by atoms with Gasteiger partial charge in [0.15, 0.2) is 8.32 Å². The van der Waals surface area contributed by atoms with E-state index < -0.39 is 25.5 Å². The van der Waals surface area contributed by atoms with Gasteiger partial charge in [-0.3, -0.25) is 14.8 Å². The average molecular weight is 432 g/mol. The molecule has 1 saturated heterocycles. The molecule has 0 N–H and O–H groups in total. The van der Waals surface area contributed by atoms with Crippen molar-refractivity contribution in [3.8, 4) is 5.88 Å². The summed E-state index contributed by atoms with van der Waals surface area (Å²) in [7, 11) is -1.84. The zero-order chi connectivity index (χ0) is 21.8. The Morgan fingerprint density at radius 3 is 2.62 bits per heavy atom. The number of aromatic nitrogens is 2. The summed E-state index contributed by atoms with van der Waals surface area (Å²) in [6.45, 7) is 13.8. The highest BCUT2D eigenvalue weighted by Gasteiger charge is 2.37. The van der Waals surface area contributed by atoms with E-state index in [9.17, 15) is 14.5 Å². The largest absolute Gasteiger partial charge is 0.472 e. The van der Waals surface area contributed by atoms with Gasteiger partial charge in [-0.15, -0.1) is 5.10 Å². The van der Waals surface area contributed by atoms with E-state index in [2.05, 4.69) is 39.0 Å². The quantitative estimate of drug-likeness (QED) is 0.248. The van der Waals surface area contributed by atoms with Gasteiger partial charge in [-0.05, 0) is 31.0 Å². The van der Waals surface area contributed by atoms with Crippen molar-refractivity contribution in [2.45, 2.75) is 77.3 Å². The van der Waals surface area contributed by atoms with Crippen molar-refractivity contribution in [1.82, 2.24) is 9.78 Å². The van der Waals surface area contributed by atoms with Crippen LogP contribution in [0.4, 0.5) is 10.1 Å². The molecular weight excluding hydrogens is 397 g/mol. The molecule has 0 amide bonds. The minimum absolute atomic E-state index is 0.0253. The normalized spacial score (nSPS) is 20.7. The second kappa shape index (κ2) is 9.52. The lowest BCUT2D eigenvalue weighted by Crippen LogP contribution is -2.41. The topological polar surface area (TPSA) is 88.7 Å². The van der Waals surface area contributed by atoms with Gasteiger partial charge < -0.3 is 13.9 Å². The number of halogens is 1. The zero-order valence-corrected chi connectivity index (χ0v) is 19.4. The van der Waals surface area contributed by atoms with Crippen LogP contribution in [-0.4, -0.2) is 55.6 Å². The number of hydrogen-bond acceptors (Lipinski definition) is 6. The zero-order valence-electron chi connectivity index (χ0n) is 18.4. The SMILES string of the molecule is CCc1c([N+](=O)[O-])c(OCCCO[Si](C)(C)C(C)(C)C)nn1[C@@H]1CCOC[C@H]1F. The molecule has 1 fully saturated rings. The van der Waals surface area contributed by atoms with Gasteiger partial charge in [-0.1, -0.05) is 27.7 Å². The molecule has 0 spiro atoms. The molecule has 10 heteroatoms. The second-order valence-electron chi connectivity index (χ2n) is 8.91. The summed E-state index contributed by atoms with van der Waals surface area (Å²) >= 11 is 0. The van der Waals surface area contributed by atoms with Crippen LogP contribution in [0.15, 0.2) is 0 Å². The molecule has 166 valence electrons. The average Bonchev–Trinajstić information content (AvgIpc) is 2.99. The third-order valence-electron chi connectivity index (χ3n) is 5.83. The molecule has 29 heavy (non-hydrogen) atoms. The Kier molecular flexibility index (Phi) is 7.80. The van der Waals surface area contributed by atoms with Crippen LogP contribution in [-0.2, 0) is 15.6 Å². The number of hydrogen-bond donors (Lipinski definition) is 0. The van der Waals surface area contributed by atoms with E-state index in [1.54, 1.807) is 6.92 Å². The predicted octanol–water partition coefficient (Wildman–Crippen LogP) is 4.44. The van der Waals surface area contributed by atoms with Crippen molar-refractivity contribution in [3.63, 3.8) is 0 Å². The van der Waals surface area contributed by atoms with Crippen molar-refractivity contribution >= 4 is 14.0 Å². The van der Waals surface area contributed by atoms with E-state index in [1.165, 1.54) is 4.68 Å². The molecular formula is C19H34FN3O5Si. The van der Waals surface area contributed by atoms with Crippen molar-refractivity contribution < 1.29 is 23.2 Å². The summed E-state index contributed by atoms with van der Waals surface area (Å²) in [6, 6.07) is -0.573. The van der Waals surface area contributed by atoms with Crippen LogP contribution in [0.2, 0.25) is 18.1 Å². The number of nitrogens with zero attached hydrogens (tertiary/aromatic N) is 3. The molecule has 0 unspecified atom stereocenters. The third-order valence-corrected chi connectivity index (χ3v) is 10.4. The van der Waals surface area contributed by atoms with Crippen LogP contribution in [0.3, 0.4) is 0 Å². The van der Waals surface area contributed by atoms with Crippen LogP contribution in [0.5, 0.6) is 5.88 Å². The van der Waals surface area contributed by atoms with Gasteiger partial charge in [-0.2, -0.15) is 0 Å². The molecule has 1 aromatic rings. The van der Waals surface area contributed by atoms with Crippen LogP contribution in [0.25, 0.3) is 0 Å². The first-order chi connectivity index (χ1) is 13.5. The van der Waals surface area contributed by atoms with E-state index >= 15 is 0 Å². The Bertz CT molecular complexity index is 705. The molecule has 0 saturated carbocycles. The highest BCUT2D eigenvalue weighted by molar-refractivity contribution is 6.74.